The predicted molar refractivity (Wildman–Crippen MR) is 76.8 cm³/mol. The first-order chi connectivity index (χ1) is 8.84. The van der Waals surface area contributed by atoms with E-state index in [1.165, 1.54) is 5.57 Å². The van der Waals surface area contributed by atoms with Crippen molar-refractivity contribution < 1.29 is 9.53 Å². The molecule has 1 amide bonds. The van der Waals surface area contributed by atoms with Crippen LogP contribution in [-0.2, 0) is 9.53 Å². The van der Waals surface area contributed by atoms with E-state index in [9.17, 15) is 4.79 Å². The van der Waals surface area contributed by atoms with Crippen molar-refractivity contribution in [2.24, 2.45) is 17.3 Å². The number of carbonyl (C=O) groups is 1. The van der Waals surface area contributed by atoms with E-state index < -0.39 is 0 Å². The standard InChI is InChI=1S/C16H27NO2/c1-11(2)9-13-14(16(13,3)4)15(18)17(5)10-12-7-6-8-19-12/h9,12-14H,6-8,10H2,1-5H3. The Morgan fingerprint density at radius 1 is 1.42 bits per heavy atom. The molecule has 108 valence electrons. The summed E-state index contributed by atoms with van der Waals surface area (Å²) in [6.45, 7) is 10.2. The van der Waals surface area contributed by atoms with Crippen molar-refractivity contribution in [2.75, 3.05) is 20.2 Å². The normalized spacial score (nSPS) is 31.9. The van der Waals surface area contributed by atoms with Crippen LogP contribution in [0.1, 0.15) is 40.5 Å². The Morgan fingerprint density at radius 2 is 2.11 bits per heavy atom. The van der Waals surface area contributed by atoms with Gasteiger partial charge in [-0.05, 0) is 38.0 Å². The number of hydrogen-bond donors (Lipinski definition) is 0. The number of ether oxygens (including phenoxy) is 1. The minimum Gasteiger partial charge on any atom is -0.376 e. The molecule has 0 aromatic carbocycles. The van der Waals surface area contributed by atoms with Crippen molar-refractivity contribution in [3.05, 3.63) is 11.6 Å². The summed E-state index contributed by atoms with van der Waals surface area (Å²) in [5, 5.41) is 0. The topological polar surface area (TPSA) is 29.5 Å². The molecule has 1 saturated carbocycles. The third-order valence-corrected chi connectivity index (χ3v) is 4.57. The molecule has 3 heteroatoms. The number of hydrogen-bond acceptors (Lipinski definition) is 2. The van der Waals surface area contributed by atoms with Gasteiger partial charge < -0.3 is 9.64 Å². The van der Waals surface area contributed by atoms with Gasteiger partial charge in [-0.1, -0.05) is 25.5 Å². The molecule has 1 saturated heterocycles. The molecule has 3 unspecified atom stereocenters. The molecule has 3 nitrogen and oxygen atoms in total. The largest absolute Gasteiger partial charge is 0.376 e. The van der Waals surface area contributed by atoms with Crippen LogP contribution in [0, 0.1) is 17.3 Å². The molecule has 0 N–H and O–H groups in total. The lowest BCUT2D eigenvalue weighted by Crippen LogP contribution is -2.36. The first-order valence-electron chi connectivity index (χ1n) is 7.35. The molecule has 0 spiro atoms. The van der Waals surface area contributed by atoms with Gasteiger partial charge in [0.25, 0.3) is 0 Å². The van der Waals surface area contributed by atoms with E-state index >= 15 is 0 Å². The van der Waals surface area contributed by atoms with E-state index in [4.69, 9.17) is 4.74 Å². The van der Waals surface area contributed by atoms with Crippen molar-refractivity contribution in [3.63, 3.8) is 0 Å². The molecule has 0 aromatic heterocycles. The molecule has 1 heterocycles. The Hall–Kier alpha value is -0.830. The smallest absolute Gasteiger partial charge is 0.226 e. The lowest BCUT2D eigenvalue weighted by molar-refractivity contribution is -0.133. The number of carbonyl (C=O) groups excluding carboxylic acids is 1. The van der Waals surface area contributed by atoms with Crippen molar-refractivity contribution >= 4 is 5.91 Å². The van der Waals surface area contributed by atoms with Gasteiger partial charge in [0, 0.05) is 20.2 Å². The van der Waals surface area contributed by atoms with Crippen LogP contribution in [0.15, 0.2) is 11.6 Å². The van der Waals surface area contributed by atoms with Gasteiger partial charge in [-0.25, -0.2) is 0 Å². The summed E-state index contributed by atoms with van der Waals surface area (Å²) in [5.41, 5.74) is 1.41. The van der Waals surface area contributed by atoms with Gasteiger partial charge in [-0.15, -0.1) is 0 Å². The van der Waals surface area contributed by atoms with Crippen LogP contribution in [0.5, 0.6) is 0 Å². The van der Waals surface area contributed by atoms with Crippen LogP contribution in [0.4, 0.5) is 0 Å². The maximum absolute atomic E-state index is 12.5. The van der Waals surface area contributed by atoms with E-state index in [-0.39, 0.29) is 23.3 Å². The summed E-state index contributed by atoms with van der Waals surface area (Å²) >= 11 is 0. The predicted octanol–water partition coefficient (Wildman–Crippen LogP) is 2.86. The SMILES string of the molecule is CC(C)=CC1C(C(=O)N(C)CC2CCCO2)C1(C)C. The minimum absolute atomic E-state index is 0.110. The van der Waals surface area contributed by atoms with E-state index in [0.717, 1.165) is 26.0 Å². The van der Waals surface area contributed by atoms with Gasteiger partial charge >= 0.3 is 0 Å². The van der Waals surface area contributed by atoms with Gasteiger partial charge in [-0.2, -0.15) is 0 Å². The fraction of sp³-hybridized carbons (Fsp3) is 0.812. The number of rotatable bonds is 4. The van der Waals surface area contributed by atoms with E-state index in [1.54, 1.807) is 0 Å². The molecule has 19 heavy (non-hydrogen) atoms. The van der Waals surface area contributed by atoms with Crippen LogP contribution >= 0.6 is 0 Å². The lowest BCUT2D eigenvalue weighted by Gasteiger charge is -2.21. The third-order valence-electron chi connectivity index (χ3n) is 4.57. The summed E-state index contributed by atoms with van der Waals surface area (Å²) in [4.78, 5) is 14.4. The zero-order valence-electron chi connectivity index (χ0n) is 12.9. The maximum atomic E-state index is 12.5. The summed E-state index contributed by atoms with van der Waals surface area (Å²) in [5.74, 6) is 0.828. The summed E-state index contributed by atoms with van der Waals surface area (Å²) in [7, 11) is 1.91. The second-order valence-corrected chi connectivity index (χ2v) is 6.92. The first-order valence-corrected chi connectivity index (χ1v) is 7.35. The fourth-order valence-corrected chi connectivity index (χ4v) is 3.24. The summed E-state index contributed by atoms with van der Waals surface area (Å²) in [6.07, 6.45) is 4.71. The van der Waals surface area contributed by atoms with Gasteiger partial charge in [0.2, 0.25) is 5.91 Å². The van der Waals surface area contributed by atoms with Crippen LogP contribution in [-0.4, -0.2) is 37.1 Å². The van der Waals surface area contributed by atoms with E-state index in [0.29, 0.717) is 5.92 Å². The van der Waals surface area contributed by atoms with Crippen molar-refractivity contribution in [1.29, 1.82) is 0 Å². The number of nitrogens with zero attached hydrogens (tertiary/aromatic N) is 1. The molecule has 2 fully saturated rings. The molecule has 1 aliphatic carbocycles. The zero-order valence-corrected chi connectivity index (χ0v) is 12.9. The highest BCUT2D eigenvalue weighted by Crippen LogP contribution is 2.59. The second-order valence-electron chi connectivity index (χ2n) is 6.92. The van der Waals surface area contributed by atoms with E-state index in [2.05, 4.69) is 33.8 Å². The molecule has 2 aliphatic rings. The van der Waals surface area contributed by atoms with Crippen LogP contribution in [0.2, 0.25) is 0 Å². The molecular weight excluding hydrogens is 238 g/mol. The van der Waals surface area contributed by atoms with Gasteiger partial charge in [0.05, 0.1) is 12.0 Å². The van der Waals surface area contributed by atoms with Crippen molar-refractivity contribution in [3.8, 4) is 0 Å². The second kappa shape index (κ2) is 5.28. The Balaban J connectivity index is 1.94. The minimum atomic E-state index is 0.110. The molecule has 0 bridgehead atoms. The van der Waals surface area contributed by atoms with Crippen molar-refractivity contribution in [2.45, 2.75) is 46.6 Å². The van der Waals surface area contributed by atoms with Gasteiger partial charge in [0.15, 0.2) is 0 Å². The number of likely N-dealkylation sites (N-methyl/N-ethyl adjacent to an activating group) is 1. The summed E-state index contributed by atoms with van der Waals surface area (Å²) < 4.78 is 5.61. The summed E-state index contributed by atoms with van der Waals surface area (Å²) in [6, 6.07) is 0. The molecule has 3 atom stereocenters. The zero-order chi connectivity index (χ0) is 14.2. The quantitative estimate of drug-likeness (QED) is 0.732. The average molecular weight is 265 g/mol. The Kier molecular flexibility index (Phi) is 4.05. The lowest BCUT2D eigenvalue weighted by atomic mass is 10.1. The molecule has 1 aliphatic heterocycles. The first kappa shape index (κ1) is 14.6. The molecule has 2 rings (SSSR count). The highest BCUT2D eigenvalue weighted by Gasteiger charge is 2.60. The molecule has 0 aromatic rings. The average Bonchev–Trinajstić information content (AvgIpc) is 2.69. The van der Waals surface area contributed by atoms with Crippen molar-refractivity contribution in [1.82, 2.24) is 4.90 Å². The van der Waals surface area contributed by atoms with Crippen LogP contribution < -0.4 is 0 Å². The highest BCUT2D eigenvalue weighted by molar-refractivity contribution is 5.83. The number of allylic oxidation sites excluding steroid dienone is 2. The van der Waals surface area contributed by atoms with Crippen LogP contribution in [0.3, 0.4) is 0 Å². The third kappa shape index (κ3) is 3.02. The fourth-order valence-electron chi connectivity index (χ4n) is 3.24. The number of amides is 1. The molecular formula is C16H27NO2. The maximum Gasteiger partial charge on any atom is 0.226 e. The van der Waals surface area contributed by atoms with Crippen LogP contribution in [0.25, 0.3) is 0 Å². The van der Waals surface area contributed by atoms with E-state index in [1.807, 2.05) is 11.9 Å². The highest BCUT2D eigenvalue weighted by atomic mass is 16.5. The van der Waals surface area contributed by atoms with Gasteiger partial charge in [0.1, 0.15) is 0 Å². The Bertz CT molecular complexity index is 376. The Morgan fingerprint density at radius 3 is 2.63 bits per heavy atom. The van der Waals surface area contributed by atoms with Gasteiger partial charge in [-0.3, -0.25) is 4.79 Å². The Labute approximate surface area is 117 Å². The molecule has 0 radical (unpaired) electrons. The monoisotopic (exact) mass is 265 g/mol.